The van der Waals surface area contributed by atoms with E-state index in [-0.39, 0.29) is 35.6 Å². The van der Waals surface area contributed by atoms with Crippen LogP contribution in [0.3, 0.4) is 0 Å². The Hall–Kier alpha value is -3.43. The Kier molecular flexibility index (Phi) is 6.00. The fourth-order valence-corrected chi connectivity index (χ4v) is 6.76. The first-order valence-electron chi connectivity index (χ1n) is 12.8. The second-order valence-corrected chi connectivity index (χ2v) is 11.3. The first-order chi connectivity index (χ1) is 17.1. The van der Waals surface area contributed by atoms with Gasteiger partial charge in [0.1, 0.15) is 5.56 Å². The van der Waals surface area contributed by atoms with Gasteiger partial charge in [0.25, 0.3) is 5.91 Å². The predicted octanol–water partition coefficient (Wildman–Crippen LogP) is 2.11. The molecular formula is C26H35N7O3. The molecule has 2 aromatic heterocycles. The van der Waals surface area contributed by atoms with Crippen molar-refractivity contribution in [2.24, 2.45) is 34.3 Å². The van der Waals surface area contributed by atoms with Gasteiger partial charge in [0.15, 0.2) is 5.82 Å². The van der Waals surface area contributed by atoms with Gasteiger partial charge in [-0.15, -0.1) is 0 Å². The number of hydrogen-bond donors (Lipinski definition) is 3. The number of nitrogens with one attached hydrogen (secondary N) is 2. The summed E-state index contributed by atoms with van der Waals surface area (Å²) in [5.74, 6) is 1.04. The number of carbonyl (C=O) groups is 3. The van der Waals surface area contributed by atoms with E-state index in [0.29, 0.717) is 23.8 Å². The summed E-state index contributed by atoms with van der Waals surface area (Å²) in [6, 6.07) is 1.80. The Morgan fingerprint density at radius 1 is 1.19 bits per heavy atom. The van der Waals surface area contributed by atoms with Crippen LogP contribution in [0, 0.1) is 28.6 Å². The average molecular weight is 494 g/mol. The smallest absolute Gasteiger partial charge is 0.257 e. The summed E-state index contributed by atoms with van der Waals surface area (Å²) in [5.41, 5.74) is 5.06. The summed E-state index contributed by atoms with van der Waals surface area (Å²) in [7, 11) is 0. The van der Waals surface area contributed by atoms with E-state index in [1.54, 1.807) is 40.1 Å². The Labute approximate surface area is 210 Å². The van der Waals surface area contributed by atoms with Gasteiger partial charge in [0.2, 0.25) is 11.8 Å². The van der Waals surface area contributed by atoms with Crippen molar-refractivity contribution in [2.45, 2.75) is 58.9 Å². The predicted molar refractivity (Wildman–Crippen MR) is 134 cm³/mol. The van der Waals surface area contributed by atoms with Crippen LogP contribution >= 0.6 is 0 Å². The number of hydrogen-bond acceptors (Lipinski definition) is 5. The molecule has 0 aliphatic heterocycles. The molecular weight excluding hydrogens is 458 g/mol. The highest BCUT2D eigenvalue weighted by Crippen LogP contribution is 2.59. The molecule has 0 saturated heterocycles. The number of rotatable bonds is 8. The van der Waals surface area contributed by atoms with Crippen molar-refractivity contribution in [3.63, 3.8) is 0 Å². The van der Waals surface area contributed by atoms with E-state index in [1.165, 1.54) is 6.20 Å². The summed E-state index contributed by atoms with van der Waals surface area (Å²) in [5, 5.41) is 14.9. The third kappa shape index (κ3) is 4.12. The molecule has 2 aromatic rings. The van der Waals surface area contributed by atoms with Crippen LogP contribution in [-0.4, -0.2) is 49.9 Å². The van der Waals surface area contributed by atoms with Gasteiger partial charge in [-0.05, 0) is 76.7 Å². The average Bonchev–Trinajstić information content (AvgIpc) is 3.49. The summed E-state index contributed by atoms with van der Waals surface area (Å²) in [6.45, 7) is 6.07. The van der Waals surface area contributed by atoms with Gasteiger partial charge in [-0.2, -0.15) is 10.2 Å². The van der Waals surface area contributed by atoms with E-state index >= 15 is 0 Å². The zero-order chi connectivity index (χ0) is 25.7. The lowest BCUT2D eigenvalue weighted by Crippen LogP contribution is -2.62. The van der Waals surface area contributed by atoms with E-state index in [9.17, 15) is 14.4 Å². The minimum absolute atomic E-state index is 0.0163. The molecule has 2 unspecified atom stereocenters. The number of primary amides is 1. The van der Waals surface area contributed by atoms with E-state index in [0.717, 1.165) is 32.1 Å². The standard InChI is InChI=1S/C26H35N7O3/c1-4-28-24(36)25(2,3)6-9-33-22(32-8-5-7-29-32)19(15-30-33)21(34)31-20-17-10-16-11-18(20)14-26(12-16,13-17)23(27)35/h5-9,15-18,20H,4,10-14H2,1-3H3,(H2,27,35)(H,28,36)(H,31,34). The van der Waals surface area contributed by atoms with Gasteiger partial charge in [0.05, 0.1) is 11.6 Å². The zero-order valence-corrected chi connectivity index (χ0v) is 21.1. The summed E-state index contributed by atoms with van der Waals surface area (Å²) < 4.78 is 3.17. The van der Waals surface area contributed by atoms with Gasteiger partial charge in [-0.3, -0.25) is 14.4 Å². The SMILES string of the molecule is CCNC(=O)C(C)(C)C=Cn1ncc(C(=O)NC2C3CC4CC2CC(C(N)=O)(C4)C3)c1-n1cccn1. The molecule has 36 heavy (non-hydrogen) atoms. The number of nitrogens with two attached hydrogens (primary N) is 1. The monoisotopic (exact) mass is 493 g/mol. The summed E-state index contributed by atoms with van der Waals surface area (Å²) in [4.78, 5) is 38.3. The Balaban J connectivity index is 1.40. The highest BCUT2D eigenvalue weighted by Gasteiger charge is 2.58. The number of aromatic nitrogens is 4. The molecule has 2 atom stereocenters. The second kappa shape index (κ2) is 8.90. The third-order valence-corrected chi connectivity index (χ3v) is 8.38. The molecule has 0 spiro atoms. The molecule has 2 heterocycles. The molecule has 4 bridgehead atoms. The number of carbonyl (C=O) groups excluding carboxylic acids is 3. The van der Waals surface area contributed by atoms with Crippen molar-refractivity contribution in [2.75, 3.05) is 6.54 Å². The molecule has 4 fully saturated rings. The lowest BCUT2D eigenvalue weighted by atomic mass is 9.47. The topological polar surface area (TPSA) is 137 Å². The highest BCUT2D eigenvalue weighted by atomic mass is 16.2. The van der Waals surface area contributed by atoms with Crippen LogP contribution in [-0.2, 0) is 9.59 Å². The van der Waals surface area contributed by atoms with Crippen LogP contribution in [0.25, 0.3) is 12.0 Å². The molecule has 0 radical (unpaired) electrons. The lowest BCUT2D eigenvalue weighted by Gasteiger charge is -2.58. The minimum Gasteiger partial charge on any atom is -0.369 e. The molecule has 10 nitrogen and oxygen atoms in total. The quantitative estimate of drug-likeness (QED) is 0.517. The molecule has 192 valence electrons. The molecule has 4 aliphatic carbocycles. The van der Waals surface area contributed by atoms with Crippen LogP contribution in [0.1, 0.15) is 63.2 Å². The van der Waals surface area contributed by atoms with Crippen molar-refractivity contribution in [3.8, 4) is 5.82 Å². The van der Waals surface area contributed by atoms with Crippen LogP contribution in [0.2, 0.25) is 0 Å². The van der Waals surface area contributed by atoms with Crippen molar-refractivity contribution in [1.82, 2.24) is 30.2 Å². The third-order valence-electron chi connectivity index (χ3n) is 8.38. The van der Waals surface area contributed by atoms with Crippen LogP contribution in [0.5, 0.6) is 0 Å². The second-order valence-electron chi connectivity index (χ2n) is 11.3. The molecule has 3 amide bonds. The zero-order valence-electron chi connectivity index (χ0n) is 21.1. The molecule has 4 aliphatic rings. The van der Waals surface area contributed by atoms with Gasteiger partial charge in [-0.25, -0.2) is 9.36 Å². The first kappa shape index (κ1) is 24.3. The maximum atomic E-state index is 13.6. The van der Waals surface area contributed by atoms with Crippen molar-refractivity contribution >= 4 is 23.9 Å². The summed E-state index contributed by atoms with van der Waals surface area (Å²) in [6.07, 6.45) is 12.9. The normalized spacial score (nSPS) is 29.0. The molecule has 6 rings (SSSR count). The molecule has 4 N–H and O–H groups in total. The van der Waals surface area contributed by atoms with Crippen LogP contribution in [0.4, 0.5) is 0 Å². The minimum atomic E-state index is -0.761. The van der Waals surface area contributed by atoms with Gasteiger partial charge >= 0.3 is 0 Å². The summed E-state index contributed by atoms with van der Waals surface area (Å²) >= 11 is 0. The highest BCUT2D eigenvalue weighted by molar-refractivity contribution is 5.97. The largest absolute Gasteiger partial charge is 0.369 e. The Morgan fingerprint density at radius 2 is 1.92 bits per heavy atom. The van der Waals surface area contributed by atoms with Gasteiger partial charge in [0, 0.05) is 36.6 Å². The number of amides is 3. The van der Waals surface area contributed by atoms with E-state index in [4.69, 9.17) is 5.73 Å². The molecule has 0 aromatic carbocycles. The van der Waals surface area contributed by atoms with Gasteiger partial charge < -0.3 is 16.4 Å². The van der Waals surface area contributed by atoms with Gasteiger partial charge in [-0.1, -0.05) is 6.08 Å². The van der Waals surface area contributed by atoms with Crippen molar-refractivity contribution < 1.29 is 14.4 Å². The maximum absolute atomic E-state index is 13.6. The Bertz CT molecular complexity index is 1180. The van der Waals surface area contributed by atoms with E-state index < -0.39 is 10.8 Å². The molecule has 10 heteroatoms. The van der Waals surface area contributed by atoms with Crippen LogP contribution in [0.15, 0.2) is 30.7 Å². The lowest BCUT2D eigenvalue weighted by molar-refractivity contribution is -0.145. The fraction of sp³-hybridized carbons (Fsp3) is 0.577. The first-order valence-corrected chi connectivity index (χ1v) is 12.8. The van der Waals surface area contributed by atoms with E-state index in [1.807, 2.05) is 20.8 Å². The van der Waals surface area contributed by atoms with E-state index in [2.05, 4.69) is 20.8 Å². The Morgan fingerprint density at radius 3 is 2.53 bits per heavy atom. The van der Waals surface area contributed by atoms with Crippen LogP contribution < -0.4 is 16.4 Å². The molecule has 4 saturated carbocycles. The fourth-order valence-electron chi connectivity index (χ4n) is 6.76. The maximum Gasteiger partial charge on any atom is 0.257 e. The van der Waals surface area contributed by atoms with Crippen molar-refractivity contribution in [1.29, 1.82) is 0 Å². The number of nitrogens with zero attached hydrogens (tertiary/aromatic N) is 4. The van der Waals surface area contributed by atoms with Crippen molar-refractivity contribution in [3.05, 3.63) is 36.3 Å².